The van der Waals surface area contributed by atoms with E-state index >= 15 is 0 Å². The number of hydrogen-bond donors (Lipinski definition) is 0. The van der Waals surface area contributed by atoms with E-state index in [-0.39, 0.29) is 24.5 Å². The van der Waals surface area contributed by atoms with Gasteiger partial charge < -0.3 is 9.80 Å². The van der Waals surface area contributed by atoms with Gasteiger partial charge >= 0.3 is 0 Å². The normalized spacial score (nSPS) is 15.5. The Labute approximate surface area is 202 Å². The Morgan fingerprint density at radius 3 is 2.09 bits per heavy atom. The quantitative estimate of drug-likeness (QED) is 0.536. The first-order valence-corrected chi connectivity index (χ1v) is 13.2. The molecule has 3 aromatic carbocycles. The predicted molar refractivity (Wildman–Crippen MR) is 138 cm³/mol. The molecule has 1 saturated heterocycles. The molecular formula is C27H33N3O3S. The van der Waals surface area contributed by atoms with Crippen LogP contribution >= 0.6 is 0 Å². The van der Waals surface area contributed by atoms with E-state index in [0.29, 0.717) is 23.5 Å². The summed E-state index contributed by atoms with van der Waals surface area (Å²) >= 11 is 0. The van der Waals surface area contributed by atoms with E-state index < -0.39 is 10.0 Å². The largest absolute Gasteiger partial charge is 0.367 e. The number of rotatable bonds is 5. The van der Waals surface area contributed by atoms with E-state index in [1.165, 1.54) is 4.31 Å². The average molecular weight is 480 g/mol. The van der Waals surface area contributed by atoms with Crippen LogP contribution in [-0.2, 0) is 10.0 Å². The third-order valence-electron chi connectivity index (χ3n) is 6.44. The Morgan fingerprint density at radius 2 is 1.50 bits per heavy atom. The van der Waals surface area contributed by atoms with Crippen LogP contribution in [0.4, 0.5) is 5.69 Å². The summed E-state index contributed by atoms with van der Waals surface area (Å²) in [5.41, 5.74) is 1.70. The molecular weight excluding hydrogens is 446 g/mol. The van der Waals surface area contributed by atoms with Crippen LogP contribution in [0.15, 0.2) is 71.6 Å². The number of benzene rings is 3. The van der Waals surface area contributed by atoms with Crippen molar-refractivity contribution >= 4 is 32.4 Å². The molecule has 3 aromatic rings. The van der Waals surface area contributed by atoms with Crippen molar-refractivity contribution in [1.29, 1.82) is 0 Å². The smallest absolute Gasteiger partial charge is 0.253 e. The van der Waals surface area contributed by atoms with Gasteiger partial charge in [0.25, 0.3) is 5.91 Å². The lowest BCUT2D eigenvalue weighted by Crippen LogP contribution is -2.50. The number of anilines is 1. The Hall–Kier alpha value is -2.90. The fourth-order valence-electron chi connectivity index (χ4n) is 4.62. The summed E-state index contributed by atoms with van der Waals surface area (Å²) in [5.74, 6) is -0.0619. The second-order valence-corrected chi connectivity index (χ2v) is 11.6. The minimum absolute atomic E-state index is 0.00681. The zero-order valence-electron chi connectivity index (χ0n) is 20.4. The third-order valence-corrected chi connectivity index (χ3v) is 8.33. The summed E-state index contributed by atoms with van der Waals surface area (Å²) in [6, 6.07) is 20.6. The number of carbonyl (C=O) groups is 1. The van der Waals surface area contributed by atoms with Crippen LogP contribution in [0.2, 0.25) is 0 Å². The van der Waals surface area contributed by atoms with E-state index in [1.807, 2.05) is 54.6 Å². The third kappa shape index (κ3) is 4.81. The van der Waals surface area contributed by atoms with Gasteiger partial charge in [0.1, 0.15) is 0 Å². The van der Waals surface area contributed by atoms with Gasteiger partial charge in [-0.2, -0.15) is 4.31 Å². The zero-order chi connectivity index (χ0) is 24.5. The van der Waals surface area contributed by atoms with Crippen molar-refractivity contribution < 1.29 is 13.2 Å². The molecule has 0 aromatic heterocycles. The lowest BCUT2D eigenvalue weighted by atomic mass is 10.0. The van der Waals surface area contributed by atoms with Crippen LogP contribution in [-0.4, -0.2) is 61.8 Å². The van der Waals surface area contributed by atoms with Crippen molar-refractivity contribution in [2.75, 3.05) is 37.6 Å². The van der Waals surface area contributed by atoms with Gasteiger partial charge in [-0.1, -0.05) is 30.3 Å². The number of fused-ring (bicyclic) bond motifs is 1. The molecule has 1 aliphatic rings. The number of nitrogens with zero attached hydrogens (tertiary/aromatic N) is 3. The highest BCUT2D eigenvalue weighted by Gasteiger charge is 2.30. The van der Waals surface area contributed by atoms with Crippen LogP contribution in [0.3, 0.4) is 0 Å². The molecule has 1 amide bonds. The van der Waals surface area contributed by atoms with E-state index in [4.69, 9.17) is 0 Å². The maximum atomic E-state index is 13.2. The van der Waals surface area contributed by atoms with Crippen molar-refractivity contribution in [2.24, 2.45) is 0 Å². The Morgan fingerprint density at radius 1 is 0.882 bits per heavy atom. The predicted octanol–water partition coefficient (Wildman–Crippen LogP) is 4.61. The van der Waals surface area contributed by atoms with Gasteiger partial charge in [0.05, 0.1) is 4.90 Å². The first kappa shape index (κ1) is 24.2. The van der Waals surface area contributed by atoms with Crippen LogP contribution in [0.1, 0.15) is 38.1 Å². The molecule has 180 valence electrons. The standard InChI is InChI=1S/C27H33N3O3S/c1-5-30(27(2,3)4)24-13-10-22(11-14-24)26(31)28-16-18-29(19-17-28)34(32,33)25-15-12-21-8-6-7-9-23(21)20-25/h6-15,20H,5,16-19H2,1-4H3. The lowest BCUT2D eigenvalue weighted by molar-refractivity contribution is 0.0698. The van der Waals surface area contributed by atoms with Crippen LogP contribution in [0.25, 0.3) is 10.8 Å². The monoisotopic (exact) mass is 479 g/mol. The van der Waals surface area contributed by atoms with Crippen molar-refractivity contribution in [3.63, 3.8) is 0 Å². The topological polar surface area (TPSA) is 60.9 Å². The Bertz CT molecular complexity index is 1270. The highest BCUT2D eigenvalue weighted by Crippen LogP contribution is 2.25. The van der Waals surface area contributed by atoms with Gasteiger partial charge in [0.15, 0.2) is 0 Å². The lowest BCUT2D eigenvalue weighted by Gasteiger charge is -2.37. The zero-order valence-corrected chi connectivity index (χ0v) is 21.2. The number of amides is 1. The summed E-state index contributed by atoms with van der Waals surface area (Å²) in [4.78, 5) is 17.4. The molecule has 0 aliphatic carbocycles. The number of sulfonamides is 1. The second kappa shape index (κ2) is 9.39. The number of piperazine rings is 1. The molecule has 4 rings (SSSR count). The van der Waals surface area contributed by atoms with Gasteiger partial charge in [0, 0.05) is 49.5 Å². The van der Waals surface area contributed by atoms with Gasteiger partial charge in [-0.3, -0.25) is 4.79 Å². The molecule has 6 nitrogen and oxygen atoms in total. The van der Waals surface area contributed by atoms with Crippen LogP contribution < -0.4 is 4.90 Å². The molecule has 1 heterocycles. The molecule has 0 bridgehead atoms. The molecule has 0 radical (unpaired) electrons. The van der Waals surface area contributed by atoms with Gasteiger partial charge in [-0.05, 0) is 74.9 Å². The number of hydrogen-bond acceptors (Lipinski definition) is 4. The van der Waals surface area contributed by atoms with Crippen molar-refractivity contribution in [1.82, 2.24) is 9.21 Å². The summed E-state index contributed by atoms with van der Waals surface area (Å²) in [6.07, 6.45) is 0. The van der Waals surface area contributed by atoms with Gasteiger partial charge in [-0.15, -0.1) is 0 Å². The molecule has 34 heavy (non-hydrogen) atoms. The van der Waals surface area contributed by atoms with Crippen molar-refractivity contribution in [3.8, 4) is 0 Å². The Kier molecular flexibility index (Phi) is 6.69. The second-order valence-electron chi connectivity index (χ2n) is 9.67. The maximum Gasteiger partial charge on any atom is 0.253 e. The molecule has 1 aliphatic heterocycles. The fraction of sp³-hybridized carbons (Fsp3) is 0.370. The average Bonchev–Trinajstić information content (AvgIpc) is 2.83. The van der Waals surface area contributed by atoms with Gasteiger partial charge in [-0.25, -0.2) is 8.42 Å². The summed E-state index contributed by atoms with van der Waals surface area (Å²) in [6.45, 7) is 10.8. The summed E-state index contributed by atoms with van der Waals surface area (Å²) < 4.78 is 27.9. The molecule has 0 atom stereocenters. The van der Waals surface area contributed by atoms with E-state index in [9.17, 15) is 13.2 Å². The highest BCUT2D eigenvalue weighted by molar-refractivity contribution is 7.89. The first-order valence-electron chi connectivity index (χ1n) is 11.8. The number of carbonyl (C=O) groups excluding carboxylic acids is 1. The van der Waals surface area contributed by atoms with Gasteiger partial charge in [0.2, 0.25) is 10.0 Å². The van der Waals surface area contributed by atoms with E-state index in [1.54, 1.807) is 17.0 Å². The highest BCUT2D eigenvalue weighted by atomic mass is 32.2. The summed E-state index contributed by atoms with van der Waals surface area (Å²) in [5, 5.41) is 1.90. The molecule has 0 unspecified atom stereocenters. The summed E-state index contributed by atoms with van der Waals surface area (Å²) in [7, 11) is -3.61. The Balaban J connectivity index is 1.43. The molecule has 0 saturated carbocycles. The SMILES string of the molecule is CCN(c1ccc(C(=O)N2CCN(S(=O)(=O)c3ccc4ccccc4c3)CC2)cc1)C(C)(C)C. The van der Waals surface area contributed by atoms with Crippen LogP contribution in [0.5, 0.6) is 0 Å². The fourth-order valence-corrected chi connectivity index (χ4v) is 6.08. The van der Waals surface area contributed by atoms with Crippen molar-refractivity contribution in [3.05, 3.63) is 72.3 Å². The molecule has 7 heteroatoms. The molecule has 0 N–H and O–H groups in total. The minimum Gasteiger partial charge on any atom is -0.367 e. The van der Waals surface area contributed by atoms with E-state index in [2.05, 4.69) is 32.6 Å². The molecule has 1 fully saturated rings. The van der Waals surface area contributed by atoms with Crippen molar-refractivity contribution in [2.45, 2.75) is 38.1 Å². The van der Waals surface area contributed by atoms with Crippen LogP contribution in [0, 0.1) is 0 Å². The van der Waals surface area contributed by atoms with E-state index in [0.717, 1.165) is 23.0 Å². The first-order chi connectivity index (χ1) is 16.1. The minimum atomic E-state index is -3.61. The maximum absolute atomic E-state index is 13.2. The molecule has 0 spiro atoms.